The fourth-order valence-electron chi connectivity index (χ4n) is 5.64. The molecule has 3 heterocycles. The van der Waals surface area contributed by atoms with Gasteiger partial charge in [-0.3, -0.25) is 9.69 Å². The van der Waals surface area contributed by atoms with Gasteiger partial charge in [0.15, 0.2) is 0 Å². The molecule has 11 nitrogen and oxygen atoms in total. The molecule has 1 saturated heterocycles. The highest BCUT2D eigenvalue weighted by atomic mass is 16.5. The van der Waals surface area contributed by atoms with Gasteiger partial charge in [-0.15, -0.1) is 0 Å². The summed E-state index contributed by atoms with van der Waals surface area (Å²) in [5, 5.41) is 13.3. The normalized spacial score (nSPS) is 15.2. The first-order valence-corrected chi connectivity index (χ1v) is 15.3. The van der Waals surface area contributed by atoms with Gasteiger partial charge < -0.3 is 36.1 Å². The van der Waals surface area contributed by atoms with Crippen molar-refractivity contribution >= 4 is 22.7 Å². The lowest BCUT2D eigenvalue weighted by molar-refractivity contribution is 0.125. The first-order valence-electron chi connectivity index (χ1n) is 15.3. The Morgan fingerprint density at radius 2 is 1.81 bits per heavy atom. The van der Waals surface area contributed by atoms with E-state index in [0.29, 0.717) is 23.3 Å². The number of hydrogen-bond donors (Lipinski definition) is 4. The van der Waals surface area contributed by atoms with Crippen molar-refractivity contribution in [2.45, 2.75) is 64.6 Å². The van der Waals surface area contributed by atoms with Gasteiger partial charge in [0.2, 0.25) is 5.95 Å². The molecule has 3 aromatic rings. The van der Waals surface area contributed by atoms with Crippen LogP contribution in [0.4, 0.5) is 11.8 Å². The predicted octanol–water partition coefficient (Wildman–Crippen LogP) is 2.64. The Hall–Kier alpha value is -3.25. The quantitative estimate of drug-likeness (QED) is 0.186. The third kappa shape index (κ3) is 8.41. The maximum atomic E-state index is 13.6. The molecule has 0 amide bonds. The minimum absolute atomic E-state index is 0.0743. The number of anilines is 2. The molecule has 1 fully saturated rings. The number of nitrogens with zero attached hydrogens (tertiary/aromatic N) is 5. The second-order valence-electron chi connectivity index (χ2n) is 11.2. The van der Waals surface area contributed by atoms with Crippen LogP contribution in [0.5, 0.6) is 5.75 Å². The number of unbranched alkanes of at least 4 members (excludes halogenated alkanes) is 3. The molecule has 0 aliphatic carbocycles. The van der Waals surface area contributed by atoms with E-state index in [1.54, 1.807) is 23.9 Å². The number of aromatic nitrogens is 3. The van der Waals surface area contributed by atoms with E-state index < -0.39 is 0 Å². The number of pyridine rings is 1. The van der Waals surface area contributed by atoms with Crippen LogP contribution in [0.2, 0.25) is 0 Å². The van der Waals surface area contributed by atoms with Crippen molar-refractivity contribution in [3.05, 3.63) is 51.9 Å². The van der Waals surface area contributed by atoms with Crippen LogP contribution in [0.1, 0.15) is 56.6 Å². The minimum Gasteiger partial charge on any atom is -0.496 e. The van der Waals surface area contributed by atoms with Crippen molar-refractivity contribution in [2.75, 3.05) is 64.0 Å². The summed E-state index contributed by atoms with van der Waals surface area (Å²) in [6.45, 7) is 9.44. The van der Waals surface area contributed by atoms with Crippen molar-refractivity contribution in [3.63, 3.8) is 0 Å². The van der Waals surface area contributed by atoms with Crippen molar-refractivity contribution in [2.24, 2.45) is 5.73 Å². The molecule has 1 aliphatic rings. The summed E-state index contributed by atoms with van der Waals surface area (Å²) in [5.41, 5.74) is 13.9. The third-order valence-corrected chi connectivity index (χ3v) is 8.03. The summed E-state index contributed by atoms with van der Waals surface area (Å²) in [6.07, 6.45) is 8.21. The number of aliphatic hydroxyl groups excluding tert-OH is 1. The molecular weight excluding hydrogens is 532 g/mol. The number of nitrogen functional groups attached to an aromatic ring is 1. The topological polar surface area (TPSA) is 148 Å². The third-order valence-electron chi connectivity index (χ3n) is 8.03. The number of hydrogen-bond acceptors (Lipinski definition) is 10. The van der Waals surface area contributed by atoms with Crippen LogP contribution in [0, 0.1) is 0 Å². The number of nitrogens with one attached hydrogen (secondary N) is 1. The summed E-state index contributed by atoms with van der Waals surface area (Å²) in [7, 11) is 1.67. The summed E-state index contributed by atoms with van der Waals surface area (Å²) in [4.78, 5) is 27.3. The summed E-state index contributed by atoms with van der Waals surface area (Å²) >= 11 is 0. The van der Waals surface area contributed by atoms with E-state index in [0.717, 1.165) is 69.8 Å². The molecule has 0 spiro atoms. The van der Waals surface area contributed by atoms with E-state index in [9.17, 15) is 9.90 Å². The van der Waals surface area contributed by atoms with Gasteiger partial charge >= 0.3 is 0 Å². The zero-order valence-electron chi connectivity index (χ0n) is 25.2. The van der Waals surface area contributed by atoms with E-state index in [-0.39, 0.29) is 24.2 Å². The standard InChI is InChI=1S/C31H48N8O3/c1-3-8-25(22-40)34-29-28-26(35-31(33)36-29)11-14-39(30(28)41)21-24-10-9-23(19-27(24)42-2)20-38-17-15-37(16-18-38)13-7-5-4-6-12-32/h9-11,14,19,25,40H,3-8,12-13,15-18,20-22,32H2,1-2H3,(H3,33,34,35,36). The van der Waals surface area contributed by atoms with Gasteiger partial charge in [-0.25, -0.2) is 4.98 Å². The van der Waals surface area contributed by atoms with Crippen LogP contribution >= 0.6 is 0 Å². The molecule has 1 aliphatic heterocycles. The van der Waals surface area contributed by atoms with Crippen LogP contribution in [0.15, 0.2) is 35.3 Å². The van der Waals surface area contributed by atoms with Crippen LogP contribution in [-0.2, 0) is 13.1 Å². The first-order chi connectivity index (χ1) is 20.4. The zero-order chi connectivity index (χ0) is 29.9. The van der Waals surface area contributed by atoms with E-state index in [2.05, 4.69) is 37.2 Å². The number of fused-ring (bicyclic) bond motifs is 1. The number of benzene rings is 1. The average Bonchev–Trinajstić information content (AvgIpc) is 2.99. The number of nitrogens with two attached hydrogens (primary N) is 2. The monoisotopic (exact) mass is 580 g/mol. The Kier molecular flexibility index (Phi) is 11.9. The molecule has 6 N–H and O–H groups in total. The molecular formula is C31H48N8O3. The molecule has 230 valence electrons. The van der Waals surface area contributed by atoms with Gasteiger partial charge in [0.05, 0.1) is 31.8 Å². The maximum absolute atomic E-state index is 13.6. The van der Waals surface area contributed by atoms with Crippen molar-refractivity contribution in [3.8, 4) is 5.75 Å². The highest BCUT2D eigenvalue weighted by molar-refractivity contribution is 5.89. The van der Waals surface area contributed by atoms with Gasteiger partial charge in [-0.1, -0.05) is 38.3 Å². The van der Waals surface area contributed by atoms with Gasteiger partial charge in [-0.2, -0.15) is 4.98 Å². The molecule has 0 radical (unpaired) electrons. The number of methoxy groups -OCH3 is 1. The Morgan fingerprint density at radius 1 is 1.05 bits per heavy atom. The molecule has 4 rings (SSSR count). The van der Waals surface area contributed by atoms with Crippen molar-refractivity contribution in [1.29, 1.82) is 0 Å². The van der Waals surface area contributed by atoms with Gasteiger partial charge in [-0.05, 0) is 50.0 Å². The van der Waals surface area contributed by atoms with Gasteiger partial charge in [0.25, 0.3) is 5.56 Å². The number of ether oxygens (including phenoxy) is 1. The predicted molar refractivity (Wildman–Crippen MR) is 169 cm³/mol. The van der Waals surface area contributed by atoms with Crippen molar-refractivity contribution in [1.82, 2.24) is 24.3 Å². The minimum atomic E-state index is -0.234. The molecule has 2 aromatic heterocycles. The smallest absolute Gasteiger partial charge is 0.264 e. The summed E-state index contributed by atoms with van der Waals surface area (Å²) in [5.74, 6) is 1.18. The fourth-order valence-corrected chi connectivity index (χ4v) is 5.64. The second kappa shape index (κ2) is 15.8. The van der Waals surface area contributed by atoms with Crippen LogP contribution in [0.3, 0.4) is 0 Å². The number of piperazine rings is 1. The van der Waals surface area contributed by atoms with Gasteiger partial charge in [0, 0.05) is 44.5 Å². The van der Waals surface area contributed by atoms with E-state index in [4.69, 9.17) is 16.2 Å². The maximum Gasteiger partial charge on any atom is 0.264 e. The van der Waals surface area contributed by atoms with Crippen molar-refractivity contribution < 1.29 is 9.84 Å². The zero-order valence-corrected chi connectivity index (χ0v) is 25.2. The highest BCUT2D eigenvalue weighted by Crippen LogP contribution is 2.24. The Morgan fingerprint density at radius 3 is 2.52 bits per heavy atom. The molecule has 42 heavy (non-hydrogen) atoms. The van der Waals surface area contributed by atoms with E-state index in [1.165, 1.54) is 31.4 Å². The van der Waals surface area contributed by atoms with Crippen LogP contribution < -0.4 is 27.1 Å². The Bertz CT molecular complexity index is 1340. The summed E-state index contributed by atoms with van der Waals surface area (Å²) < 4.78 is 7.40. The Balaban J connectivity index is 1.43. The molecule has 1 aromatic carbocycles. The first kappa shape index (κ1) is 31.7. The van der Waals surface area contributed by atoms with Crippen LogP contribution in [-0.4, -0.2) is 88.5 Å². The lowest BCUT2D eigenvalue weighted by Gasteiger charge is -2.34. The van der Waals surface area contributed by atoms with Gasteiger partial charge in [0.1, 0.15) is 17.0 Å². The molecule has 0 saturated carbocycles. The lowest BCUT2D eigenvalue weighted by Crippen LogP contribution is -2.46. The SMILES string of the molecule is CCCC(CO)Nc1nc(N)nc2ccn(Cc3ccc(CN4CCN(CCCCCCN)CC4)cc3OC)c(=O)c12. The molecule has 1 atom stereocenters. The molecule has 0 bridgehead atoms. The average molecular weight is 581 g/mol. The fraction of sp³-hybridized carbons (Fsp3) is 0.581. The number of aliphatic hydroxyl groups is 1. The largest absolute Gasteiger partial charge is 0.496 e. The Labute approximate surface area is 248 Å². The van der Waals surface area contributed by atoms with Crippen LogP contribution in [0.25, 0.3) is 10.9 Å². The lowest BCUT2D eigenvalue weighted by atomic mass is 10.1. The van der Waals surface area contributed by atoms with E-state index in [1.807, 2.05) is 13.0 Å². The van der Waals surface area contributed by atoms with E-state index >= 15 is 0 Å². The molecule has 1 unspecified atom stereocenters. The molecule has 11 heteroatoms. The number of rotatable bonds is 16. The highest BCUT2D eigenvalue weighted by Gasteiger charge is 2.19. The summed E-state index contributed by atoms with van der Waals surface area (Å²) in [6, 6.07) is 7.79. The second-order valence-corrected chi connectivity index (χ2v) is 11.2.